The van der Waals surface area contributed by atoms with Gasteiger partial charge in [-0.3, -0.25) is 4.79 Å². The van der Waals surface area contributed by atoms with Crippen molar-refractivity contribution in [1.82, 2.24) is 0 Å². The molecule has 5 heteroatoms. The van der Waals surface area contributed by atoms with Gasteiger partial charge in [-0.1, -0.05) is 109 Å². The number of ether oxygens (including phenoxy) is 3. The molecule has 188 valence electrons. The molecule has 0 saturated carbocycles. The summed E-state index contributed by atoms with van der Waals surface area (Å²) < 4.78 is 18.7. The highest BCUT2D eigenvalue weighted by atomic mass is 35.5. The van der Waals surface area contributed by atoms with Crippen LogP contribution in [-0.2, 0) is 38.8 Å². The normalized spacial score (nSPS) is 13.6. The van der Waals surface area contributed by atoms with E-state index < -0.39 is 6.10 Å². The molecule has 0 heterocycles. The summed E-state index contributed by atoms with van der Waals surface area (Å²) >= 11 is 5.93. The Balaban J connectivity index is 1.77. The highest BCUT2D eigenvalue weighted by Crippen LogP contribution is 2.15. The minimum atomic E-state index is -0.413. The standard InChI is InChI=1S/C31H33ClO4/c1-25(33)29(20-32)18-11-19-30(35-22-27-14-7-3-8-15-27)31(36-23-28-16-9-4-10-17-28)24-34-21-26-12-5-2-6-13-26/h2-19,30-31H,20-24H2,1H3/b19-11+,29-18+/t30-,31+/m1/s1. The molecule has 0 aliphatic carbocycles. The van der Waals surface area contributed by atoms with Crippen molar-refractivity contribution in [2.45, 2.75) is 39.0 Å². The molecule has 0 saturated heterocycles. The Morgan fingerprint density at radius 1 is 0.778 bits per heavy atom. The summed E-state index contributed by atoms with van der Waals surface area (Å²) in [6.45, 7) is 3.16. The van der Waals surface area contributed by atoms with Gasteiger partial charge in [-0.05, 0) is 23.6 Å². The van der Waals surface area contributed by atoms with Crippen molar-refractivity contribution in [3.63, 3.8) is 0 Å². The average Bonchev–Trinajstić information content (AvgIpc) is 2.92. The van der Waals surface area contributed by atoms with E-state index in [1.165, 1.54) is 6.92 Å². The number of carbonyl (C=O) groups is 1. The molecule has 0 bridgehead atoms. The molecule has 0 aliphatic rings. The zero-order valence-corrected chi connectivity index (χ0v) is 21.3. The molecule has 4 nitrogen and oxygen atoms in total. The number of ketones is 1. The van der Waals surface area contributed by atoms with E-state index in [0.717, 1.165) is 16.7 Å². The molecule has 0 amide bonds. The predicted molar refractivity (Wildman–Crippen MR) is 145 cm³/mol. The van der Waals surface area contributed by atoms with E-state index in [9.17, 15) is 4.79 Å². The summed E-state index contributed by atoms with van der Waals surface area (Å²) in [6.07, 6.45) is 4.65. The lowest BCUT2D eigenvalue weighted by molar-refractivity contribution is -0.113. The van der Waals surface area contributed by atoms with E-state index in [4.69, 9.17) is 25.8 Å². The van der Waals surface area contributed by atoms with E-state index in [1.807, 2.05) is 103 Å². The van der Waals surface area contributed by atoms with Gasteiger partial charge in [-0.15, -0.1) is 11.6 Å². The third-order valence-corrected chi connectivity index (χ3v) is 5.83. The van der Waals surface area contributed by atoms with Crippen molar-refractivity contribution in [1.29, 1.82) is 0 Å². The molecule has 36 heavy (non-hydrogen) atoms. The molecule has 0 spiro atoms. The van der Waals surface area contributed by atoms with Gasteiger partial charge in [-0.25, -0.2) is 0 Å². The molecular weight excluding hydrogens is 472 g/mol. The number of hydrogen-bond donors (Lipinski definition) is 0. The van der Waals surface area contributed by atoms with Gasteiger partial charge >= 0.3 is 0 Å². The van der Waals surface area contributed by atoms with Gasteiger partial charge in [0.2, 0.25) is 0 Å². The Labute approximate surface area is 219 Å². The maximum absolute atomic E-state index is 11.8. The van der Waals surface area contributed by atoms with Crippen LogP contribution in [-0.4, -0.2) is 30.5 Å². The first-order chi connectivity index (χ1) is 17.7. The van der Waals surface area contributed by atoms with Crippen LogP contribution in [0.1, 0.15) is 23.6 Å². The lowest BCUT2D eigenvalue weighted by Gasteiger charge is -2.26. The topological polar surface area (TPSA) is 44.8 Å². The Bertz CT molecular complexity index is 1080. The number of benzene rings is 3. The zero-order valence-electron chi connectivity index (χ0n) is 20.6. The quantitative estimate of drug-likeness (QED) is 0.131. The first-order valence-electron chi connectivity index (χ1n) is 12.0. The number of Topliss-reactive ketones (excluding diaryl/α,β-unsaturated/α-hetero) is 1. The zero-order chi connectivity index (χ0) is 25.4. The van der Waals surface area contributed by atoms with Gasteiger partial charge in [0.15, 0.2) is 5.78 Å². The van der Waals surface area contributed by atoms with Crippen molar-refractivity contribution in [2.75, 3.05) is 12.5 Å². The molecule has 0 radical (unpaired) electrons. The predicted octanol–water partition coefficient (Wildman–Crippen LogP) is 6.68. The van der Waals surface area contributed by atoms with Gasteiger partial charge < -0.3 is 14.2 Å². The fraction of sp³-hybridized carbons (Fsp3) is 0.258. The lowest BCUT2D eigenvalue weighted by atomic mass is 10.1. The van der Waals surface area contributed by atoms with Gasteiger partial charge in [0.25, 0.3) is 0 Å². The summed E-state index contributed by atoms with van der Waals surface area (Å²) in [5, 5.41) is 0. The monoisotopic (exact) mass is 504 g/mol. The summed E-state index contributed by atoms with van der Waals surface area (Å²) in [5.41, 5.74) is 3.76. The van der Waals surface area contributed by atoms with Crippen molar-refractivity contribution in [2.24, 2.45) is 0 Å². The number of carbonyl (C=O) groups excluding carboxylic acids is 1. The second kappa shape index (κ2) is 15.9. The van der Waals surface area contributed by atoms with Crippen molar-refractivity contribution >= 4 is 17.4 Å². The molecule has 0 fully saturated rings. The Kier molecular flexibility index (Phi) is 12.2. The van der Waals surface area contributed by atoms with Crippen LogP contribution in [0, 0.1) is 0 Å². The first kappa shape index (κ1) is 27.6. The molecule has 0 aliphatic heterocycles. The van der Waals surface area contributed by atoms with Crippen LogP contribution in [0.5, 0.6) is 0 Å². The largest absolute Gasteiger partial charge is 0.374 e. The lowest BCUT2D eigenvalue weighted by Crippen LogP contribution is -2.34. The second-order valence-electron chi connectivity index (χ2n) is 8.36. The van der Waals surface area contributed by atoms with Gasteiger partial charge in [-0.2, -0.15) is 0 Å². The number of allylic oxidation sites excluding steroid dienone is 3. The van der Waals surface area contributed by atoms with Gasteiger partial charge in [0.05, 0.1) is 32.3 Å². The second-order valence-corrected chi connectivity index (χ2v) is 8.63. The summed E-state index contributed by atoms with van der Waals surface area (Å²) in [7, 11) is 0. The van der Waals surface area contributed by atoms with Crippen LogP contribution in [0.15, 0.2) is 115 Å². The summed E-state index contributed by atoms with van der Waals surface area (Å²) in [5.74, 6) is 0.100. The van der Waals surface area contributed by atoms with E-state index in [1.54, 1.807) is 6.08 Å². The average molecular weight is 505 g/mol. The number of rotatable bonds is 15. The Morgan fingerprint density at radius 2 is 1.28 bits per heavy atom. The Morgan fingerprint density at radius 3 is 1.78 bits per heavy atom. The van der Waals surface area contributed by atoms with Gasteiger partial charge in [0.1, 0.15) is 12.2 Å². The van der Waals surface area contributed by atoms with Crippen LogP contribution in [0.3, 0.4) is 0 Å². The summed E-state index contributed by atoms with van der Waals surface area (Å²) in [6, 6.07) is 30.0. The fourth-order valence-corrected chi connectivity index (χ4v) is 3.75. The molecular formula is C31H33ClO4. The maximum atomic E-state index is 11.8. The van der Waals surface area contributed by atoms with Crippen LogP contribution >= 0.6 is 11.6 Å². The van der Waals surface area contributed by atoms with Crippen molar-refractivity contribution < 1.29 is 19.0 Å². The summed E-state index contributed by atoms with van der Waals surface area (Å²) in [4.78, 5) is 11.8. The highest BCUT2D eigenvalue weighted by Gasteiger charge is 2.22. The molecule has 3 aromatic rings. The van der Waals surface area contributed by atoms with E-state index in [2.05, 4.69) is 0 Å². The molecule has 0 N–H and O–H groups in total. The van der Waals surface area contributed by atoms with E-state index in [-0.39, 0.29) is 17.8 Å². The van der Waals surface area contributed by atoms with E-state index >= 15 is 0 Å². The third kappa shape index (κ3) is 9.92. The number of halogens is 1. The van der Waals surface area contributed by atoms with Crippen molar-refractivity contribution in [3.8, 4) is 0 Å². The number of alkyl halides is 1. The van der Waals surface area contributed by atoms with Crippen LogP contribution in [0.4, 0.5) is 0 Å². The third-order valence-electron chi connectivity index (χ3n) is 5.55. The van der Waals surface area contributed by atoms with Crippen LogP contribution in [0.2, 0.25) is 0 Å². The Hall–Kier alpha value is -3.02. The van der Waals surface area contributed by atoms with Crippen molar-refractivity contribution in [3.05, 3.63) is 131 Å². The minimum absolute atomic E-state index is 0.0560. The van der Waals surface area contributed by atoms with Crippen LogP contribution < -0.4 is 0 Å². The smallest absolute Gasteiger partial charge is 0.156 e. The van der Waals surface area contributed by atoms with Crippen LogP contribution in [0.25, 0.3) is 0 Å². The molecule has 0 unspecified atom stereocenters. The SMILES string of the molecule is CC(=O)/C(=C/C=C/[C@@H](OCc1ccccc1)[C@H](COCc1ccccc1)OCc1ccccc1)CCl. The molecule has 3 rings (SSSR count). The maximum Gasteiger partial charge on any atom is 0.156 e. The molecule has 0 aromatic heterocycles. The molecule has 3 aromatic carbocycles. The molecule has 2 atom stereocenters. The number of hydrogen-bond acceptors (Lipinski definition) is 4. The highest BCUT2D eigenvalue weighted by molar-refractivity contribution is 6.22. The minimum Gasteiger partial charge on any atom is -0.374 e. The first-order valence-corrected chi connectivity index (χ1v) is 12.6. The van der Waals surface area contributed by atoms with E-state index in [0.29, 0.717) is 32.0 Å². The van der Waals surface area contributed by atoms with Gasteiger partial charge in [0, 0.05) is 5.57 Å². The fourth-order valence-electron chi connectivity index (χ4n) is 3.47.